The molecular weight excluding hydrogens is 265 g/mol. The van der Waals surface area contributed by atoms with Crippen LogP contribution in [0.4, 0.5) is 4.79 Å². The summed E-state index contributed by atoms with van der Waals surface area (Å²) < 4.78 is 0. The van der Waals surface area contributed by atoms with E-state index < -0.39 is 6.03 Å². The van der Waals surface area contributed by atoms with Crippen molar-refractivity contribution in [2.24, 2.45) is 0 Å². The smallest absolute Gasteiger partial charge is 0.276 e. The van der Waals surface area contributed by atoms with Gasteiger partial charge in [0.25, 0.3) is 0 Å². The van der Waals surface area contributed by atoms with E-state index in [1.165, 1.54) is 5.01 Å². The number of nitrogens with zero attached hydrogens (tertiary/aromatic N) is 1. The molecule has 0 bridgehead atoms. The van der Waals surface area contributed by atoms with Crippen molar-refractivity contribution >= 4 is 35.1 Å². The maximum absolute atomic E-state index is 11.4. The lowest BCUT2D eigenvalue weighted by Crippen LogP contribution is -2.58. The molecule has 0 spiro atoms. The van der Waals surface area contributed by atoms with Gasteiger partial charge in [-0.3, -0.25) is 15.1 Å². The van der Waals surface area contributed by atoms with Gasteiger partial charge in [-0.2, -0.15) is 0 Å². The summed E-state index contributed by atoms with van der Waals surface area (Å²) in [5.74, 6) is -0.347. The van der Waals surface area contributed by atoms with Crippen LogP contribution in [0.3, 0.4) is 0 Å². The number of hydrogen-bond donors (Lipinski definition) is 2. The number of rotatable bonds is 2. The van der Waals surface area contributed by atoms with Crippen molar-refractivity contribution in [3.05, 3.63) is 33.8 Å². The summed E-state index contributed by atoms with van der Waals surface area (Å²) in [5.41, 5.74) is 3.51. The highest BCUT2D eigenvalue weighted by Crippen LogP contribution is 2.23. The Balaban J connectivity index is 2.08. The second-order valence-electron chi connectivity index (χ2n) is 3.52. The molecule has 0 aromatic heterocycles. The van der Waals surface area contributed by atoms with Crippen LogP contribution in [0.2, 0.25) is 10.0 Å². The number of urea groups is 1. The molecule has 2 N–H and O–H groups in total. The molecule has 5 nitrogen and oxygen atoms in total. The van der Waals surface area contributed by atoms with Gasteiger partial charge in [-0.25, -0.2) is 10.2 Å². The quantitative estimate of drug-likeness (QED) is 0.860. The largest absolute Gasteiger partial charge is 0.338 e. The first kappa shape index (κ1) is 12.2. The molecule has 17 heavy (non-hydrogen) atoms. The van der Waals surface area contributed by atoms with Gasteiger partial charge in [0, 0.05) is 0 Å². The lowest BCUT2D eigenvalue weighted by molar-refractivity contribution is -0.121. The monoisotopic (exact) mass is 273 g/mol. The number of carbonyl (C=O) groups is 2. The van der Waals surface area contributed by atoms with Crippen LogP contribution in [0.1, 0.15) is 5.56 Å². The zero-order valence-electron chi connectivity index (χ0n) is 8.67. The van der Waals surface area contributed by atoms with Crippen LogP contribution in [0, 0.1) is 0 Å². The number of hydrogen-bond acceptors (Lipinski definition) is 3. The van der Waals surface area contributed by atoms with E-state index >= 15 is 0 Å². The van der Waals surface area contributed by atoms with Gasteiger partial charge in [0.15, 0.2) is 0 Å². The molecule has 2 rings (SSSR count). The Morgan fingerprint density at radius 2 is 2.00 bits per heavy atom. The number of halogens is 2. The number of hydrazine groups is 1. The Hall–Kier alpha value is -1.30. The maximum Gasteiger partial charge on any atom is 0.338 e. The molecule has 1 aliphatic heterocycles. The van der Waals surface area contributed by atoms with E-state index in [2.05, 4.69) is 10.7 Å². The molecule has 1 aromatic rings. The minimum Gasteiger partial charge on any atom is -0.276 e. The molecule has 90 valence electrons. The minimum atomic E-state index is -0.479. The molecule has 0 radical (unpaired) electrons. The minimum absolute atomic E-state index is 0.0765. The fourth-order valence-corrected chi connectivity index (χ4v) is 1.74. The average Bonchev–Trinajstić information content (AvgIpc) is 2.27. The van der Waals surface area contributed by atoms with E-state index in [0.29, 0.717) is 16.6 Å². The van der Waals surface area contributed by atoms with Crippen molar-refractivity contribution in [3.8, 4) is 0 Å². The summed E-state index contributed by atoms with van der Waals surface area (Å²) in [6.45, 7) is 0.378. The number of carbonyl (C=O) groups excluding carboxylic acids is 2. The first-order chi connectivity index (χ1) is 8.06. The number of imide groups is 1. The third-order valence-electron chi connectivity index (χ3n) is 2.25. The van der Waals surface area contributed by atoms with Gasteiger partial charge < -0.3 is 0 Å². The van der Waals surface area contributed by atoms with Gasteiger partial charge in [-0.1, -0.05) is 29.3 Å². The van der Waals surface area contributed by atoms with Gasteiger partial charge in [0.1, 0.15) is 0 Å². The highest BCUT2D eigenvalue weighted by Gasteiger charge is 2.22. The normalized spacial score (nSPS) is 16.0. The molecule has 0 unspecified atom stereocenters. The molecule has 3 amide bonds. The van der Waals surface area contributed by atoms with Crippen LogP contribution in [0.15, 0.2) is 18.2 Å². The van der Waals surface area contributed by atoms with Gasteiger partial charge >= 0.3 is 6.03 Å². The zero-order chi connectivity index (χ0) is 12.4. The summed E-state index contributed by atoms with van der Waals surface area (Å²) in [5, 5.41) is 4.40. The van der Waals surface area contributed by atoms with Crippen LogP contribution in [0.25, 0.3) is 0 Å². The van der Waals surface area contributed by atoms with E-state index in [0.717, 1.165) is 5.56 Å². The molecule has 1 aromatic carbocycles. The lowest BCUT2D eigenvalue weighted by atomic mass is 10.2. The topological polar surface area (TPSA) is 61.4 Å². The summed E-state index contributed by atoms with van der Waals surface area (Å²) in [6, 6.07) is 4.62. The fourth-order valence-electron chi connectivity index (χ4n) is 1.42. The van der Waals surface area contributed by atoms with E-state index in [9.17, 15) is 9.59 Å². The predicted molar refractivity (Wildman–Crippen MR) is 63.5 cm³/mol. The lowest BCUT2D eigenvalue weighted by Gasteiger charge is -2.27. The Morgan fingerprint density at radius 3 is 2.65 bits per heavy atom. The van der Waals surface area contributed by atoms with E-state index in [4.69, 9.17) is 23.2 Å². The standard InChI is InChI=1S/C10H9Cl2N3O2/c11-7-2-1-6(3-8(7)12)5-15-10(17)14-9(16)4-13-15/h1-3,13H,4-5H2,(H,14,16,17). The summed E-state index contributed by atoms with van der Waals surface area (Å²) in [7, 11) is 0. The molecule has 7 heteroatoms. The Bertz CT molecular complexity index is 479. The molecule has 1 fully saturated rings. The Labute approximate surface area is 108 Å². The van der Waals surface area contributed by atoms with Crippen LogP contribution in [0.5, 0.6) is 0 Å². The third-order valence-corrected chi connectivity index (χ3v) is 2.99. The highest BCUT2D eigenvalue weighted by molar-refractivity contribution is 6.42. The van der Waals surface area contributed by atoms with Crippen molar-refractivity contribution in [1.82, 2.24) is 15.8 Å². The van der Waals surface area contributed by atoms with Gasteiger partial charge in [0.05, 0.1) is 23.1 Å². The van der Waals surface area contributed by atoms with E-state index in [1.807, 2.05) is 0 Å². The van der Waals surface area contributed by atoms with Crippen molar-refractivity contribution in [3.63, 3.8) is 0 Å². The first-order valence-corrected chi connectivity index (χ1v) is 5.60. The van der Waals surface area contributed by atoms with Gasteiger partial charge in [-0.05, 0) is 17.7 Å². The second kappa shape index (κ2) is 4.91. The summed E-state index contributed by atoms with van der Waals surface area (Å²) in [6.07, 6.45) is 0. The molecule has 1 heterocycles. The maximum atomic E-state index is 11.4. The molecule has 0 saturated carbocycles. The highest BCUT2D eigenvalue weighted by atomic mass is 35.5. The van der Waals surface area contributed by atoms with E-state index in [1.54, 1.807) is 18.2 Å². The van der Waals surface area contributed by atoms with Gasteiger partial charge in [-0.15, -0.1) is 0 Å². The zero-order valence-corrected chi connectivity index (χ0v) is 10.2. The van der Waals surface area contributed by atoms with Gasteiger partial charge in [0.2, 0.25) is 5.91 Å². The van der Waals surface area contributed by atoms with Crippen LogP contribution >= 0.6 is 23.2 Å². The SMILES string of the molecule is O=C1CNN(Cc2ccc(Cl)c(Cl)c2)C(=O)N1. The van der Waals surface area contributed by atoms with Crippen molar-refractivity contribution in [1.29, 1.82) is 0 Å². The van der Waals surface area contributed by atoms with Crippen molar-refractivity contribution in [2.45, 2.75) is 6.54 Å². The predicted octanol–water partition coefficient (Wildman–Crippen LogP) is 1.55. The first-order valence-electron chi connectivity index (χ1n) is 4.85. The van der Waals surface area contributed by atoms with Crippen molar-refractivity contribution < 1.29 is 9.59 Å². The van der Waals surface area contributed by atoms with Crippen molar-refractivity contribution in [2.75, 3.05) is 6.54 Å². The molecule has 0 atom stereocenters. The van der Waals surface area contributed by atoms with Crippen LogP contribution in [-0.2, 0) is 11.3 Å². The third kappa shape index (κ3) is 2.88. The average molecular weight is 274 g/mol. The Kier molecular flexibility index (Phi) is 3.51. The molecule has 0 aliphatic carbocycles. The Morgan fingerprint density at radius 1 is 1.24 bits per heavy atom. The van der Waals surface area contributed by atoms with Crippen LogP contribution in [-0.4, -0.2) is 23.5 Å². The van der Waals surface area contributed by atoms with Crippen LogP contribution < -0.4 is 10.7 Å². The molecular formula is C10H9Cl2N3O2. The number of benzene rings is 1. The number of nitrogens with one attached hydrogen (secondary N) is 2. The summed E-state index contributed by atoms with van der Waals surface area (Å²) in [4.78, 5) is 22.3. The second-order valence-corrected chi connectivity index (χ2v) is 4.34. The molecule has 1 saturated heterocycles. The molecule has 1 aliphatic rings. The number of amides is 3. The summed E-state index contributed by atoms with van der Waals surface area (Å²) >= 11 is 11.7. The fraction of sp³-hybridized carbons (Fsp3) is 0.200. The van der Waals surface area contributed by atoms with E-state index in [-0.39, 0.29) is 12.5 Å².